The van der Waals surface area contributed by atoms with Crippen molar-refractivity contribution in [1.82, 2.24) is 10.6 Å². The zero-order valence-corrected chi connectivity index (χ0v) is 13.8. The highest BCUT2D eigenvalue weighted by atomic mass is 16.4. The second-order valence-corrected chi connectivity index (χ2v) is 6.23. The number of hydrogen-bond donors (Lipinski definition) is 3. The molecule has 0 spiro atoms. The van der Waals surface area contributed by atoms with Crippen LogP contribution in [0, 0.1) is 18.8 Å². The fourth-order valence-electron chi connectivity index (χ4n) is 2.98. The average molecular weight is 336 g/mol. The van der Waals surface area contributed by atoms with E-state index in [-0.39, 0.29) is 17.7 Å². The standard InChI is InChI=1S/C17H24N2O5/c1-11-6-9-24-14(11)16(21)19-8-3-7-18-15(20)12-4-2-5-13(10-12)17(22)23/h6,9,12-13H,2-5,7-8,10H2,1H3,(H,18,20)(H,19,21)(H,22,23). The maximum absolute atomic E-state index is 12.1. The summed E-state index contributed by atoms with van der Waals surface area (Å²) in [6.45, 7) is 2.68. The van der Waals surface area contributed by atoms with Gasteiger partial charge in [-0.25, -0.2) is 0 Å². The number of hydrogen-bond acceptors (Lipinski definition) is 4. The first-order valence-electron chi connectivity index (χ1n) is 8.32. The summed E-state index contributed by atoms with van der Waals surface area (Å²) in [4.78, 5) is 34.9. The zero-order chi connectivity index (χ0) is 17.5. The average Bonchev–Trinajstić information content (AvgIpc) is 3.00. The predicted octanol–water partition coefficient (Wildman–Crippen LogP) is 1.72. The van der Waals surface area contributed by atoms with Crippen molar-refractivity contribution in [2.75, 3.05) is 13.1 Å². The topological polar surface area (TPSA) is 109 Å². The van der Waals surface area contributed by atoms with Crippen LogP contribution in [0.2, 0.25) is 0 Å². The van der Waals surface area contributed by atoms with E-state index in [1.807, 2.05) is 0 Å². The van der Waals surface area contributed by atoms with Crippen molar-refractivity contribution in [3.05, 3.63) is 23.7 Å². The Hall–Kier alpha value is -2.31. The van der Waals surface area contributed by atoms with E-state index in [9.17, 15) is 14.4 Å². The molecule has 0 radical (unpaired) electrons. The molecule has 2 unspecified atom stereocenters. The van der Waals surface area contributed by atoms with E-state index < -0.39 is 11.9 Å². The van der Waals surface area contributed by atoms with E-state index >= 15 is 0 Å². The maximum Gasteiger partial charge on any atom is 0.306 e. The van der Waals surface area contributed by atoms with Crippen LogP contribution in [0.15, 0.2) is 16.7 Å². The molecule has 132 valence electrons. The molecule has 1 aromatic heterocycles. The molecule has 1 saturated carbocycles. The molecule has 1 heterocycles. The number of carboxylic acid groups (broad SMARTS) is 1. The van der Waals surface area contributed by atoms with Gasteiger partial charge < -0.3 is 20.2 Å². The minimum Gasteiger partial charge on any atom is -0.481 e. The number of amides is 2. The Kier molecular flexibility index (Phi) is 6.40. The summed E-state index contributed by atoms with van der Waals surface area (Å²) < 4.78 is 5.10. The lowest BCUT2D eigenvalue weighted by molar-refractivity contribution is -0.144. The van der Waals surface area contributed by atoms with Crippen LogP contribution in [0.3, 0.4) is 0 Å². The molecule has 2 atom stereocenters. The van der Waals surface area contributed by atoms with E-state index in [1.165, 1.54) is 6.26 Å². The van der Waals surface area contributed by atoms with Gasteiger partial charge in [-0.15, -0.1) is 0 Å². The fourth-order valence-corrected chi connectivity index (χ4v) is 2.98. The number of carbonyl (C=O) groups excluding carboxylic acids is 2. The molecule has 24 heavy (non-hydrogen) atoms. The monoisotopic (exact) mass is 336 g/mol. The summed E-state index contributed by atoms with van der Waals surface area (Å²) in [7, 11) is 0. The van der Waals surface area contributed by atoms with Gasteiger partial charge in [0.15, 0.2) is 5.76 Å². The van der Waals surface area contributed by atoms with E-state index in [4.69, 9.17) is 9.52 Å². The van der Waals surface area contributed by atoms with Crippen molar-refractivity contribution in [2.45, 2.75) is 39.0 Å². The molecule has 1 aliphatic rings. The first-order chi connectivity index (χ1) is 11.5. The van der Waals surface area contributed by atoms with Crippen molar-refractivity contribution in [3.8, 4) is 0 Å². The molecule has 0 bridgehead atoms. The largest absolute Gasteiger partial charge is 0.481 e. The third kappa shape index (κ3) is 4.84. The van der Waals surface area contributed by atoms with Crippen molar-refractivity contribution < 1.29 is 23.9 Å². The Morgan fingerprint density at radius 1 is 1.21 bits per heavy atom. The Balaban J connectivity index is 1.63. The highest BCUT2D eigenvalue weighted by Crippen LogP contribution is 2.29. The SMILES string of the molecule is Cc1ccoc1C(=O)NCCCNC(=O)C1CCCC(C(=O)O)C1. The van der Waals surface area contributed by atoms with Gasteiger partial charge in [0.05, 0.1) is 12.2 Å². The molecule has 1 aliphatic carbocycles. The van der Waals surface area contributed by atoms with Crippen LogP contribution in [0.1, 0.15) is 48.2 Å². The number of carbonyl (C=O) groups is 3. The molecular weight excluding hydrogens is 312 g/mol. The number of aryl methyl sites for hydroxylation is 1. The number of furan rings is 1. The van der Waals surface area contributed by atoms with E-state index in [0.29, 0.717) is 38.1 Å². The molecule has 1 aromatic rings. The van der Waals surface area contributed by atoms with Gasteiger partial charge >= 0.3 is 5.97 Å². The van der Waals surface area contributed by atoms with Crippen LogP contribution < -0.4 is 10.6 Å². The molecule has 2 rings (SSSR count). The van der Waals surface area contributed by atoms with Gasteiger partial charge in [-0.3, -0.25) is 14.4 Å². The smallest absolute Gasteiger partial charge is 0.306 e. The second kappa shape index (κ2) is 8.52. The van der Waals surface area contributed by atoms with E-state index in [0.717, 1.165) is 18.4 Å². The van der Waals surface area contributed by atoms with Crippen molar-refractivity contribution >= 4 is 17.8 Å². The number of rotatable bonds is 7. The lowest BCUT2D eigenvalue weighted by atomic mass is 9.81. The number of aliphatic carboxylic acids is 1. The molecular formula is C17H24N2O5. The molecule has 7 nitrogen and oxygen atoms in total. The number of carboxylic acids is 1. The highest BCUT2D eigenvalue weighted by Gasteiger charge is 2.30. The Morgan fingerprint density at radius 3 is 2.58 bits per heavy atom. The van der Waals surface area contributed by atoms with Crippen molar-refractivity contribution in [3.63, 3.8) is 0 Å². The molecule has 3 N–H and O–H groups in total. The molecule has 1 fully saturated rings. The summed E-state index contributed by atoms with van der Waals surface area (Å²) in [6, 6.07) is 1.73. The lowest BCUT2D eigenvalue weighted by Crippen LogP contribution is -2.37. The third-order valence-corrected chi connectivity index (χ3v) is 4.40. The maximum atomic E-state index is 12.1. The van der Waals surface area contributed by atoms with E-state index in [2.05, 4.69) is 10.6 Å². The Bertz CT molecular complexity index is 596. The summed E-state index contributed by atoms with van der Waals surface area (Å²) in [6.07, 6.45) is 4.65. The fraction of sp³-hybridized carbons (Fsp3) is 0.588. The molecule has 0 aliphatic heterocycles. The molecule has 0 aromatic carbocycles. The third-order valence-electron chi connectivity index (χ3n) is 4.40. The minimum atomic E-state index is -0.816. The van der Waals surface area contributed by atoms with Crippen LogP contribution >= 0.6 is 0 Å². The molecule has 0 saturated heterocycles. The van der Waals surface area contributed by atoms with Crippen molar-refractivity contribution in [1.29, 1.82) is 0 Å². The summed E-state index contributed by atoms with van der Waals surface area (Å²) in [5, 5.41) is 14.6. The quantitative estimate of drug-likeness (QED) is 0.657. The van der Waals surface area contributed by atoms with Gasteiger partial charge in [-0.05, 0) is 38.7 Å². The van der Waals surface area contributed by atoms with Crippen LogP contribution in [0.5, 0.6) is 0 Å². The Morgan fingerprint density at radius 2 is 1.92 bits per heavy atom. The molecule has 2 amide bonds. The summed E-state index contributed by atoms with van der Waals surface area (Å²) in [5.41, 5.74) is 0.783. The minimum absolute atomic E-state index is 0.0887. The Labute approximate surface area is 140 Å². The first-order valence-corrected chi connectivity index (χ1v) is 8.32. The highest BCUT2D eigenvalue weighted by molar-refractivity contribution is 5.92. The van der Waals surface area contributed by atoms with Gasteiger partial charge in [-0.1, -0.05) is 6.42 Å². The van der Waals surface area contributed by atoms with Gasteiger partial charge in [0.2, 0.25) is 5.91 Å². The first kappa shape index (κ1) is 18.0. The van der Waals surface area contributed by atoms with Gasteiger partial charge in [0.25, 0.3) is 5.91 Å². The lowest BCUT2D eigenvalue weighted by Gasteiger charge is -2.25. The normalized spacial score (nSPS) is 20.4. The van der Waals surface area contributed by atoms with Crippen LogP contribution in [-0.4, -0.2) is 36.0 Å². The van der Waals surface area contributed by atoms with Gasteiger partial charge in [0, 0.05) is 24.6 Å². The summed E-state index contributed by atoms with van der Waals surface area (Å²) >= 11 is 0. The second-order valence-electron chi connectivity index (χ2n) is 6.23. The van der Waals surface area contributed by atoms with Crippen LogP contribution in [-0.2, 0) is 9.59 Å². The van der Waals surface area contributed by atoms with Crippen LogP contribution in [0.25, 0.3) is 0 Å². The molecule has 7 heteroatoms. The number of nitrogens with one attached hydrogen (secondary N) is 2. The van der Waals surface area contributed by atoms with E-state index in [1.54, 1.807) is 13.0 Å². The predicted molar refractivity (Wildman–Crippen MR) is 86.5 cm³/mol. The van der Waals surface area contributed by atoms with Crippen LogP contribution in [0.4, 0.5) is 0 Å². The van der Waals surface area contributed by atoms with Crippen molar-refractivity contribution in [2.24, 2.45) is 11.8 Å². The zero-order valence-electron chi connectivity index (χ0n) is 13.8. The van der Waals surface area contributed by atoms with Gasteiger partial charge in [0.1, 0.15) is 0 Å². The van der Waals surface area contributed by atoms with Gasteiger partial charge in [-0.2, -0.15) is 0 Å². The summed E-state index contributed by atoms with van der Waals surface area (Å²) in [5.74, 6) is -1.50.